The number of aliphatic imine (C=N–C) groups is 1. The number of benzene rings is 2. The van der Waals surface area contributed by atoms with Gasteiger partial charge in [-0.1, -0.05) is 30.3 Å². The number of aryl methyl sites for hydroxylation is 2. The number of halogens is 2. The van der Waals surface area contributed by atoms with Gasteiger partial charge in [-0.15, -0.1) is 0 Å². The molecular weight excluding hydrogens is 320 g/mol. The Bertz CT molecular complexity index is 1030. The van der Waals surface area contributed by atoms with Gasteiger partial charge in [0.25, 0.3) is 5.92 Å². The Morgan fingerprint density at radius 3 is 2.48 bits per heavy atom. The fourth-order valence-corrected chi connectivity index (χ4v) is 3.31. The summed E-state index contributed by atoms with van der Waals surface area (Å²) in [5, 5.41) is 0. The number of nitrogens with one attached hydrogen (secondary N) is 1. The normalized spacial score (nSPS) is 18.1. The summed E-state index contributed by atoms with van der Waals surface area (Å²) in [6.45, 7) is 6.96. The van der Waals surface area contributed by atoms with Gasteiger partial charge in [-0.25, -0.2) is 4.98 Å². The first-order valence-corrected chi connectivity index (χ1v) is 8.26. The molecule has 0 bridgehead atoms. The highest BCUT2D eigenvalue weighted by atomic mass is 19.3. The molecule has 3 aromatic rings. The van der Waals surface area contributed by atoms with Crippen molar-refractivity contribution in [3.05, 3.63) is 64.5 Å². The van der Waals surface area contributed by atoms with Gasteiger partial charge in [-0.05, 0) is 44.9 Å². The molecule has 0 amide bonds. The molecule has 2 heterocycles. The van der Waals surface area contributed by atoms with Crippen LogP contribution in [0.4, 0.5) is 8.78 Å². The molecular formula is C20H19F2N3. The lowest BCUT2D eigenvalue weighted by Gasteiger charge is -2.36. The van der Waals surface area contributed by atoms with Crippen LogP contribution in [-0.4, -0.2) is 21.2 Å². The largest absolute Gasteiger partial charge is 0.337 e. The van der Waals surface area contributed by atoms with Gasteiger partial charge >= 0.3 is 0 Å². The third-order valence-corrected chi connectivity index (χ3v) is 5.08. The van der Waals surface area contributed by atoms with E-state index < -0.39 is 11.5 Å². The van der Waals surface area contributed by atoms with Crippen LogP contribution in [-0.2, 0) is 5.92 Å². The number of imidazole rings is 1. The van der Waals surface area contributed by atoms with Crippen LogP contribution < -0.4 is 0 Å². The topological polar surface area (TPSA) is 41.0 Å². The maximum atomic E-state index is 14.8. The lowest BCUT2D eigenvalue weighted by molar-refractivity contribution is -0.0682. The summed E-state index contributed by atoms with van der Waals surface area (Å²) in [5.41, 5.74) is 3.33. The quantitative estimate of drug-likeness (QED) is 0.673. The highest BCUT2D eigenvalue weighted by Gasteiger charge is 2.52. The first-order chi connectivity index (χ1) is 11.7. The molecule has 5 heteroatoms. The van der Waals surface area contributed by atoms with Crippen LogP contribution in [0.25, 0.3) is 11.0 Å². The van der Waals surface area contributed by atoms with Crippen LogP contribution in [0.2, 0.25) is 0 Å². The van der Waals surface area contributed by atoms with E-state index in [-0.39, 0.29) is 5.56 Å². The summed E-state index contributed by atoms with van der Waals surface area (Å²) < 4.78 is 29.7. The van der Waals surface area contributed by atoms with E-state index in [1.165, 1.54) is 19.9 Å². The van der Waals surface area contributed by atoms with E-state index in [2.05, 4.69) is 15.0 Å². The number of nitrogens with zero attached hydrogens (tertiary/aromatic N) is 2. The van der Waals surface area contributed by atoms with Gasteiger partial charge in [0.15, 0.2) is 5.82 Å². The average Bonchev–Trinajstić information content (AvgIpc) is 3.00. The van der Waals surface area contributed by atoms with Crippen LogP contribution in [0.5, 0.6) is 0 Å². The maximum absolute atomic E-state index is 14.8. The zero-order valence-electron chi connectivity index (χ0n) is 14.6. The van der Waals surface area contributed by atoms with E-state index in [0.29, 0.717) is 17.1 Å². The number of hydrogen-bond donors (Lipinski definition) is 1. The Morgan fingerprint density at radius 1 is 1.00 bits per heavy atom. The molecule has 1 N–H and O–H groups in total. The van der Waals surface area contributed by atoms with Gasteiger partial charge in [0, 0.05) is 11.1 Å². The Hall–Kier alpha value is -2.56. The number of fused-ring (bicyclic) bond motifs is 2. The third-order valence-electron chi connectivity index (χ3n) is 5.08. The Kier molecular flexibility index (Phi) is 3.17. The molecule has 0 fully saturated rings. The lowest BCUT2D eigenvalue weighted by Crippen LogP contribution is -2.44. The van der Waals surface area contributed by atoms with Crippen molar-refractivity contribution >= 4 is 16.7 Å². The van der Waals surface area contributed by atoms with Crippen molar-refractivity contribution < 1.29 is 8.78 Å². The van der Waals surface area contributed by atoms with Crippen molar-refractivity contribution in [3.63, 3.8) is 0 Å². The van der Waals surface area contributed by atoms with Gasteiger partial charge in [0.05, 0.1) is 11.0 Å². The molecule has 3 nitrogen and oxygen atoms in total. The zero-order valence-corrected chi connectivity index (χ0v) is 14.6. The Morgan fingerprint density at radius 2 is 1.72 bits per heavy atom. The molecule has 2 aromatic carbocycles. The van der Waals surface area contributed by atoms with Crippen molar-refractivity contribution in [2.24, 2.45) is 4.99 Å². The second-order valence-corrected chi connectivity index (χ2v) is 7.13. The van der Waals surface area contributed by atoms with Crippen molar-refractivity contribution in [1.29, 1.82) is 0 Å². The SMILES string of the molecule is Cc1ccc2[nH]c(C3=NC(C)(C)C(F)(F)c4ccccc43)nc2c1C. The van der Waals surface area contributed by atoms with E-state index in [1.54, 1.807) is 18.2 Å². The predicted octanol–water partition coefficient (Wildman–Crippen LogP) is 4.90. The molecule has 0 atom stereocenters. The molecule has 0 radical (unpaired) electrons. The van der Waals surface area contributed by atoms with Gasteiger partial charge in [0.1, 0.15) is 11.3 Å². The van der Waals surface area contributed by atoms with E-state index >= 15 is 0 Å². The zero-order chi connectivity index (χ0) is 18.0. The molecule has 0 spiro atoms. The summed E-state index contributed by atoms with van der Waals surface area (Å²) >= 11 is 0. The highest BCUT2D eigenvalue weighted by molar-refractivity contribution is 6.13. The Labute approximate surface area is 144 Å². The van der Waals surface area contributed by atoms with E-state index in [1.807, 2.05) is 26.0 Å². The summed E-state index contributed by atoms with van der Waals surface area (Å²) in [4.78, 5) is 12.3. The molecule has 1 aliphatic heterocycles. The second kappa shape index (κ2) is 4.97. The first-order valence-electron chi connectivity index (χ1n) is 8.26. The number of alkyl halides is 2. The minimum atomic E-state index is -3.04. The van der Waals surface area contributed by atoms with Crippen LogP contribution in [0, 0.1) is 13.8 Å². The lowest BCUT2D eigenvalue weighted by atomic mass is 9.83. The standard InChI is InChI=1S/C20H19F2N3/c1-11-9-10-15-16(12(11)2)24-18(23-15)17-13-7-5-6-8-14(13)20(21,22)19(3,4)25-17/h5-10H,1-4H3,(H,23,24). The van der Waals surface area contributed by atoms with Crippen molar-refractivity contribution in [2.45, 2.75) is 39.2 Å². The maximum Gasteiger partial charge on any atom is 0.297 e. The molecule has 1 aromatic heterocycles. The molecule has 0 aliphatic carbocycles. The number of aromatic amines is 1. The molecule has 0 unspecified atom stereocenters. The van der Waals surface area contributed by atoms with Crippen molar-refractivity contribution in [2.75, 3.05) is 0 Å². The molecule has 25 heavy (non-hydrogen) atoms. The average molecular weight is 339 g/mol. The van der Waals surface area contributed by atoms with E-state index in [0.717, 1.165) is 22.2 Å². The summed E-state index contributed by atoms with van der Waals surface area (Å²) in [5.74, 6) is -2.51. The number of rotatable bonds is 1. The first kappa shape index (κ1) is 15.9. The molecule has 4 rings (SSSR count). The predicted molar refractivity (Wildman–Crippen MR) is 95.6 cm³/mol. The van der Waals surface area contributed by atoms with Gasteiger partial charge in [-0.2, -0.15) is 8.78 Å². The highest BCUT2D eigenvalue weighted by Crippen LogP contribution is 2.46. The second-order valence-electron chi connectivity index (χ2n) is 7.13. The molecule has 1 aliphatic rings. The molecule has 128 valence electrons. The smallest absolute Gasteiger partial charge is 0.297 e. The van der Waals surface area contributed by atoms with Crippen molar-refractivity contribution in [1.82, 2.24) is 9.97 Å². The van der Waals surface area contributed by atoms with Crippen LogP contribution in [0.3, 0.4) is 0 Å². The monoisotopic (exact) mass is 339 g/mol. The fraction of sp³-hybridized carbons (Fsp3) is 0.300. The van der Waals surface area contributed by atoms with Gasteiger partial charge in [0.2, 0.25) is 0 Å². The van der Waals surface area contributed by atoms with E-state index in [4.69, 9.17) is 0 Å². The fourth-order valence-electron chi connectivity index (χ4n) is 3.31. The minimum Gasteiger partial charge on any atom is -0.337 e. The van der Waals surface area contributed by atoms with Crippen LogP contribution in [0.15, 0.2) is 41.4 Å². The van der Waals surface area contributed by atoms with E-state index in [9.17, 15) is 8.78 Å². The number of hydrogen-bond acceptors (Lipinski definition) is 2. The summed E-state index contributed by atoms with van der Waals surface area (Å²) in [6.07, 6.45) is 0. The molecule has 0 saturated heterocycles. The minimum absolute atomic E-state index is 0.00152. The molecule has 0 saturated carbocycles. The number of aromatic nitrogens is 2. The third kappa shape index (κ3) is 2.15. The summed E-state index contributed by atoms with van der Waals surface area (Å²) in [7, 11) is 0. The van der Waals surface area contributed by atoms with Gasteiger partial charge < -0.3 is 4.98 Å². The van der Waals surface area contributed by atoms with Crippen LogP contribution in [0.1, 0.15) is 41.9 Å². The Balaban J connectivity index is 1.99. The van der Waals surface area contributed by atoms with Gasteiger partial charge in [-0.3, -0.25) is 4.99 Å². The summed E-state index contributed by atoms with van der Waals surface area (Å²) in [6, 6.07) is 10.5. The van der Waals surface area contributed by atoms with Crippen molar-refractivity contribution in [3.8, 4) is 0 Å². The van der Waals surface area contributed by atoms with Crippen LogP contribution >= 0.6 is 0 Å². The number of H-pyrrole nitrogens is 1.